The Labute approximate surface area is 354 Å². The molecule has 1 aromatic carbocycles. The summed E-state index contributed by atoms with van der Waals surface area (Å²) in [6, 6.07) is 0.0212. The third-order valence-electron chi connectivity index (χ3n) is 9.37. The first-order valence-corrected chi connectivity index (χ1v) is 20.0. The Morgan fingerprint density at radius 1 is 0.639 bits per heavy atom. The third kappa shape index (κ3) is 21.0. The fraction of sp³-hybridized carbons (Fsp3) is 0.590. The lowest BCUT2D eigenvalue weighted by Crippen LogP contribution is -2.60. The molecule has 0 saturated heterocycles. The molecule has 61 heavy (non-hydrogen) atoms. The quantitative estimate of drug-likeness (QED) is 0.0237. The number of amides is 6. The number of nitrogens with two attached hydrogens (primary N) is 3. The van der Waals surface area contributed by atoms with E-state index in [1.54, 1.807) is 58.0 Å². The number of hydrogen-bond donors (Lipinski definition) is 12. The van der Waals surface area contributed by atoms with Gasteiger partial charge < -0.3 is 64.4 Å². The van der Waals surface area contributed by atoms with E-state index in [4.69, 9.17) is 17.2 Å². The fourth-order valence-electron chi connectivity index (χ4n) is 5.89. The van der Waals surface area contributed by atoms with E-state index < -0.39 is 121 Å². The van der Waals surface area contributed by atoms with Crippen LogP contribution in [0, 0.1) is 11.8 Å². The van der Waals surface area contributed by atoms with E-state index >= 15 is 0 Å². The second kappa shape index (κ2) is 27.4. The number of nitrogens with one attached hydrogen (secondary N) is 6. The predicted molar refractivity (Wildman–Crippen MR) is 221 cm³/mol. The van der Waals surface area contributed by atoms with Crippen molar-refractivity contribution < 1.29 is 58.5 Å². The summed E-state index contributed by atoms with van der Waals surface area (Å²) >= 11 is 0. The van der Waals surface area contributed by atoms with Crippen molar-refractivity contribution in [3.05, 3.63) is 35.9 Å². The maximum atomic E-state index is 14.1. The molecular weight excluding hydrogens is 800 g/mol. The molecule has 0 aliphatic carbocycles. The van der Waals surface area contributed by atoms with Crippen molar-refractivity contribution in [1.29, 1.82) is 0 Å². The van der Waals surface area contributed by atoms with E-state index in [1.807, 2.05) is 0 Å². The van der Waals surface area contributed by atoms with Crippen molar-refractivity contribution in [3.63, 3.8) is 0 Å². The van der Waals surface area contributed by atoms with Crippen molar-refractivity contribution in [1.82, 2.24) is 31.9 Å². The Hall–Kier alpha value is -6.32. The standard InChI is InChI=1S/C39H62N10O12/c1-5-22(4)32(49-35(57)25(13-15-30(51)52)44-29(50)20-40)37(59)46-24(12-9-17-43-39(41)42)33(55)47-27(19-23-10-7-6-8-11-23)36(58)45-26(14-16-31(53)54)34(56)48-28(38(60)61)18-21(2)3/h6-8,10-11,21-22,24-28,32H,5,9,12-20,40H2,1-4H3,(H,44,50)(H,45,58)(H,46,59)(H,47,55)(H,48,56)(H,49,57)(H,51,52)(H,53,54)(H,60,61)(H4,41,42,43)/t22-,24-,25-,26-,27-,28-,32-/m0/s1. The van der Waals surface area contributed by atoms with Crippen LogP contribution >= 0.6 is 0 Å². The maximum Gasteiger partial charge on any atom is 0.326 e. The molecule has 0 radical (unpaired) electrons. The minimum Gasteiger partial charge on any atom is -0.481 e. The highest BCUT2D eigenvalue weighted by Crippen LogP contribution is 2.13. The van der Waals surface area contributed by atoms with Crippen molar-refractivity contribution in [2.24, 2.45) is 34.0 Å². The molecule has 7 atom stereocenters. The van der Waals surface area contributed by atoms with Gasteiger partial charge in [-0.15, -0.1) is 0 Å². The van der Waals surface area contributed by atoms with Gasteiger partial charge in [-0.3, -0.25) is 43.3 Å². The van der Waals surface area contributed by atoms with Gasteiger partial charge >= 0.3 is 17.9 Å². The molecule has 0 aromatic heterocycles. The van der Waals surface area contributed by atoms with Crippen LogP contribution in [0.4, 0.5) is 0 Å². The number of carbonyl (C=O) groups is 9. The van der Waals surface area contributed by atoms with Crippen LogP contribution in [-0.2, 0) is 49.6 Å². The highest BCUT2D eigenvalue weighted by Gasteiger charge is 2.35. The average Bonchev–Trinajstić information content (AvgIpc) is 3.19. The van der Waals surface area contributed by atoms with Gasteiger partial charge in [-0.25, -0.2) is 4.79 Å². The Kier molecular flexibility index (Phi) is 23.7. The number of aliphatic carboxylic acids is 3. The predicted octanol–water partition coefficient (Wildman–Crippen LogP) is -1.94. The Bertz CT molecular complexity index is 1690. The summed E-state index contributed by atoms with van der Waals surface area (Å²) in [7, 11) is 0. The summed E-state index contributed by atoms with van der Waals surface area (Å²) in [5.41, 5.74) is 16.9. The molecule has 0 aliphatic heterocycles. The molecule has 0 fully saturated rings. The topological polar surface area (TPSA) is 377 Å². The molecule has 0 heterocycles. The summed E-state index contributed by atoms with van der Waals surface area (Å²) in [4.78, 5) is 120. The SMILES string of the molecule is CC[C@H](C)[C@H](NC(=O)[C@H](CCC(=O)O)NC(=O)CN)C(=O)N[C@@H](CCCN=C(N)N)C(=O)N[C@@H](Cc1ccccc1)C(=O)N[C@@H](CCC(=O)O)C(=O)N[C@@H](CC(C)C)C(=O)O. The Morgan fingerprint density at radius 2 is 1.11 bits per heavy atom. The van der Waals surface area contributed by atoms with Gasteiger partial charge in [-0.1, -0.05) is 64.4 Å². The number of benzene rings is 1. The molecule has 1 aromatic rings. The van der Waals surface area contributed by atoms with E-state index in [0.717, 1.165) is 0 Å². The lowest BCUT2D eigenvalue weighted by atomic mass is 9.96. The van der Waals surface area contributed by atoms with E-state index in [9.17, 15) is 58.5 Å². The first kappa shape index (κ1) is 52.7. The van der Waals surface area contributed by atoms with Gasteiger partial charge in [0, 0.05) is 25.8 Å². The van der Waals surface area contributed by atoms with E-state index in [1.165, 1.54) is 0 Å². The van der Waals surface area contributed by atoms with Gasteiger partial charge in [0.2, 0.25) is 35.4 Å². The number of aliphatic imine (C=N–C) groups is 1. The van der Waals surface area contributed by atoms with Crippen LogP contribution in [0.25, 0.3) is 0 Å². The summed E-state index contributed by atoms with van der Waals surface area (Å²) in [6.07, 6.45) is -1.55. The summed E-state index contributed by atoms with van der Waals surface area (Å²) in [6.45, 7) is 6.39. The van der Waals surface area contributed by atoms with Crippen LogP contribution in [0.15, 0.2) is 35.3 Å². The van der Waals surface area contributed by atoms with Gasteiger partial charge in [0.15, 0.2) is 5.96 Å². The van der Waals surface area contributed by atoms with Crippen LogP contribution in [0.2, 0.25) is 0 Å². The number of rotatable bonds is 29. The van der Waals surface area contributed by atoms with Crippen LogP contribution < -0.4 is 49.1 Å². The second-order valence-corrected chi connectivity index (χ2v) is 14.9. The number of guanidine groups is 1. The Balaban J connectivity index is 3.57. The minimum absolute atomic E-state index is 0.0298. The molecule has 0 spiro atoms. The molecular formula is C39H62N10O12. The minimum atomic E-state index is -1.53. The number of carboxylic acids is 3. The largest absolute Gasteiger partial charge is 0.481 e. The summed E-state index contributed by atoms with van der Waals surface area (Å²) in [5, 5.41) is 43.2. The van der Waals surface area contributed by atoms with E-state index in [-0.39, 0.29) is 50.5 Å². The zero-order valence-corrected chi connectivity index (χ0v) is 35.0. The zero-order valence-electron chi connectivity index (χ0n) is 35.0. The third-order valence-corrected chi connectivity index (χ3v) is 9.37. The fourth-order valence-corrected chi connectivity index (χ4v) is 5.89. The maximum absolute atomic E-state index is 14.1. The lowest BCUT2D eigenvalue weighted by Gasteiger charge is -2.29. The van der Waals surface area contributed by atoms with Crippen molar-refractivity contribution >= 4 is 59.3 Å². The smallest absolute Gasteiger partial charge is 0.326 e. The highest BCUT2D eigenvalue weighted by molar-refractivity contribution is 5.97. The van der Waals surface area contributed by atoms with Crippen LogP contribution in [0.3, 0.4) is 0 Å². The molecule has 22 heteroatoms. The molecule has 6 amide bonds. The second-order valence-electron chi connectivity index (χ2n) is 14.9. The molecule has 22 nitrogen and oxygen atoms in total. The van der Waals surface area contributed by atoms with Crippen LogP contribution in [-0.4, -0.2) is 124 Å². The summed E-state index contributed by atoms with van der Waals surface area (Å²) in [5.74, 6) is -10.0. The Morgan fingerprint density at radius 3 is 1.61 bits per heavy atom. The van der Waals surface area contributed by atoms with Gasteiger partial charge in [-0.05, 0) is 49.5 Å². The average molecular weight is 863 g/mol. The van der Waals surface area contributed by atoms with Gasteiger partial charge in [0.1, 0.15) is 36.3 Å². The van der Waals surface area contributed by atoms with E-state index in [0.29, 0.717) is 12.0 Å². The molecule has 0 aliphatic rings. The molecule has 15 N–H and O–H groups in total. The monoisotopic (exact) mass is 862 g/mol. The number of carbonyl (C=O) groups excluding carboxylic acids is 6. The molecule has 1 rings (SSSR count). The summed E-state index contributed by atoms with van der Waals surface area (Å²) < 4.78 is 0. The molecule has 0 unspecified atom stereocenters. The molecule has 0 bridgehead atoms. The number of carboxylic acid groups (broad SMARTS) is 3. The lowest BCUT2D eigenvalue weighted by molar-refractivity contribution is -0.143. The van der Waals surface area contributed by atoms with Gasteiger partial charge in [-0.2, -0.15) is 0 Å². The van der Waals surface area contributed by atoms with Gasteiger partial charge in [0.05, 0.1) is 6.54 Å². The van der Waals surface area contributed by atoms with Crippen LogP contribution in [0.5, 0.6) is 0 Å². The highest BCUT2D eigenvalue weighted by atomic mass is 16.4. The first-order chi connectivity index (χ1) is 28.7. The normalized spacial score (nSPS) is 14.3. The number of hydrogen-bond acceptors (Lipinski definition) is 11. The molecule has 340 valence electrons. The van der Waals surface area contributed by atoms with Crippen molar-refractivity contribution in [3.8, 4) is 0 Å². The van der Waals surface area contributed by atoms with Crippen LogP contribution in [0.1, 0.15) is 84.6 Å². The zero-order chi connectivity index (χ0) is 46.2. The van der Waals surface area contributed by atoms with Gasteiger partial charge in [0.25, 0.3) is 0 Å². The molecule has 0 saturated carbocycles. The van der Waals surface area contributed by atoms with Crippen molar-refractivity contribution in [2.45, 2.75) is 122 Å². The first-order valence-electron chi connectivity index (χ1n) is 20.0. The van der Waals surface area contributed by atoms with E-state index in [2.05, 4.69) is 36.9 Å². The van der Waals surface area contributed by atoms with Crippen molar-refractivity contribution in [2.75, 3.05) is 13.1 Å². The number of nitrogens with zero attached hydrogens (tertiary/aromatic N) is 1.